The van der Waals surface area contributed by atoms with Gasteiger partial charge in [0.05, 0.1) is 49.7 Å². The predicted octanol–water partition coefficient (Wildman–Crippen LogP) is 20.7. The fraction of sp³-hybridized carbons (Fsp3) is 0. The van der Waals surface area contributed by atoms with E-state index in [1.807, 2.05) is 48.5 Å². The van der Waals surface area contributed by atoms with Gasteiger partial charge in [0, 0.05) is 116 Å². The van der Waals surface area contributed by atoms with E-state index in [-0.39, 0.29) is 0 Å². The molecule has 0 aliphatic heterocycles. The number of rotatable bonds is 0. The van der Waals surface area contributed by atoms with Crippen LogP contribution in [0.4, 0.5) is 0 Å². The van der Waals surface area contributed by atoms with E-state index in [4.69, 9.17) is 24.9 Å². The number of pyridine rings is 1. The van der Waals surface area contributed by atoms with Crippen molar-refractivity contribution in [2.45, 2.75) is 0 Å². The van der Waals surface area contributed by atoms with Crippen LogP contribution in [0, 0.1) is 0 Å². The molecule has 15 nitrogen and oxygen atoms in total. The first kappa shape index (κ1) is 58.4. The highest BCUT2D eigenvalue weighted by molar-refractivity contribution is 6.34. The van der Waals surface area contributed by atoms with Gasteiger partial charge in [-0.25, -0.2) is 34.9 Å². The Bertz CT molecular complexity index is 6750. The first-order valence-electron chi connectivity index (χ1n) is 34.1. The third kappa shape index (κ3) is 9.27. The summed E-state index contributed by atoms with van der Waals surface area (Å²) in [6.07, 6.45) is 17.1. The molecular formula is C89H49N15. The molecule has 0 unspecified atom stereocenters. The maximum Gasteiger partial charge on any atom is 0.198 e. The highest BCUT2D eigenvalue weighted by Crippen LogP contribution is 2.43. The molecule has 0 fully saturated rings. The highest BCUT2D eigenvalue weighted by Gasteiger charge is 2.21. The maximum atomic E-state index is 4.98. The van der Waals surface area contributed by atoms with Crippen LogP contribution >= 0.6 is 0 Å². The quantitative estimate of drug-likeness (QED) is 0.103. The lowest BCUT2D eigenvalue weighted by atomic mass is 9.93. The molecule has 15 heteroatoms. The van der Waals surface area contributed by atoms with Crippen LogP contribution in [-0.2, 0) is 0 Å². The Balaban J connectivity index is 0.0000000896. The summed E-state index contributed by atoms with van der Waals surface area (Å²) in [4.78, 5) is 69.9. The first-order chi connectivity index (χ1) is 51.6. The summed E-state index contributed by atoms with van der Waals surface area (Å²) in [5.74, 6) is 0. The van der Waals surface area contributed by atoms with E-state index in [2.05, 4.69) is 238 Å². The largest absolute Gasteiger partial charge is 0.252 e. The van der Waals surface area contributed by atoms with Gasteiger partial charge in [-0.1, -0.05) is 200 Å². The average molecular weight is 1330 g/mol. The van der Waals surface area contributed by atoms with Gasteiger partial charge in [-0.15, -0.1) is 0 Å². The third-order valence-corrected chi connectivity index (χ3v) is 20.0. The molecule has 0 amide bonds. The highest BCUT2D eigenvalue weighted by atomic mass is 15.0. The van der Waals surface area contributed by atoms with Crippen LogP contribution in [0.3, 0.4) is 0 Å². The SMILES string of the molecule is c1ccc2c(c1)ccc1c3nccnc3c3nc4ccccc4nc3c21.c1ccc2c(c1)ccc1c3nccnc3c3nc4nccnc4nc3c21.c1ccc2cc3c(cc2c1)c1nccnc1c1ccc2ccccc2c31.c1ccc2nc3c(cc2c1)c1c2ccccc2ccc1c1nccnc13. The zero-order valence-electron chi connectivity index (χ0n) is 55.0. The van der Waals surface area contributed by atoms with Crippen molar-refractivity contribution in [3.8, 4) is 0 Å². The number of para-hydroxylation sites is 3. The van der Waals surface area contributed by atoms with Crippen molar-refractivity contribution in [3.63, 3.8) is 0 Å². The smallest absolute Gasteiger partial charge is 0.198 e. The molecule has 0 saturated heterocycles. The van der Waals surface area contributed by atoms with Crippen LogP contribution < -0.4 is 0 Å². The maximum absolute atomic E-state index is 4.98. The van der Waals surface area contributed by atoms with Crippen molar-refractivity contribution in [3.05, 3.63) is 299 Å². The predicted molar refractivity (Wildman–Crippen MR) is 423 cm³/mol. The number of nitrogens with zero attached hydrogens (tertiary/aromatic N) is 15. The van der Waals surface area contributed by atoms with Gasteiger partial charge in [-0.05, 0) is 101 Å². The Morgan fingerprint density at radius 2 is 0.433 bits per heavy atom. The standard InChI is InChI=1S/C24H14N2.C23H13N3.C22H12N4.C20H10N6/c1-2-7-17-14-21-20(13-16(17)6-1)22-18-8-4-3-5-15(18)9-10-19(22)23-24(21)26-12-11-25-23;1-3-7-16-14(5-1)9-10-17-20(16)18-13-15-6-2-4-8-19(15)26-22(18)23-21(17)24-11-12-25-23;1-2-6-14-13(5-1)9-10-15-18(14)20-22(21-19(15)23-11-12-24-21)26-17-8-4-3-7-16(17)25-20;1-2-4-12-11(3-1)5-6-13-14(12)16-18(17-15(13)21-7-8-22-17)26-20-19(25-16)23-9-10-24-20/h1-14H;1-13H;1-12H;1-10H. The van der Waals surface area contributed by atoms with Crippen molar-refractivity contribution in [2.75, 3.05) is 0 Å². The van der Waals surface area contributed by atoms with Crippen molar-refractivity contribution in [1.29, 1.82) is 0 Å². The summed E-state index contributed by atoms with van der Waals surface area (Å²) >= 11 is 0. The van der Waals surface area contributed by atoms with Crippen LogP contribution in [0.2, 0.25) is 0 Å². The molecule has 8 aromatic heterocycles. The van der Waals surface area contributed by atoms with Crippen molar-refractivity contribution < 1.29 is 0 Å². The molecule has 0 aliphatic carbocycles. The molecule has 104 heavy (non-hydrogen) atoms. The second-order valence-corrected chi connectivity index (χ2v) is 25.7. The molecule has 8 heterocycles. The summed E-state index contributed by atoms with van der Waals surface area (Å²) < 4.78 is 0. The molecule has 0 bridgehead atoms. The minimum Gasteiger partial charge on any atom is -0.252 e. The van der Waals surface area contributed by atoms with E-state index in [1.165, 1.54) is 53.9 Å². The van der Waals surface area contributed by atoms with Gasteiger partial charge in [0.1, 0.15) is 38.6 Å². The molecule has 0 atom stereocenters. The molecule has 0 spiro atoms. The second kappa shape index (κ2) is 23.5. The Morgan fingerprint density at radius 1 is 0.144 bits per heavy atom. The van der Waals surface area contributed by atoms with E-state index in [9.17, 15) is 0 Å². The fourth-order valence-electron chi connectivity index (χ4n) is 15.4. The van der Waals surface area contributed by atoms with E-state index < -0.39 is 0 Å². The van der Waals surface area contributed by atoms with Gasteiger partial charge in [0.25, 0.3) is 0 Å². The van der Waals surface area contributed by atoms with Gasteiger partial charge in [-0.2, -0.15) is 0 Å². The fourth-order valence-corrected chi connectivity index (χ4v) is 15.4. The zero-order chi connectivity index (χ0) is 68.3. The van der Waals surface area contributed by atoms with Gasteiger partial charge in [-0.3, -0.25) is 39.9 Å². The molecule has 0 aliphatic rings. The second-order valence-electron chi connectivity index (χ2n) is 25.7. The Hall–Kier alpha value is -14.6. The Morgan fingerprint density at radius 3 is 0.913 bits per heavy atom. The lowest BCUT2D eigenvalue weighted by Crippen LogP contribution is -1.96. The normalized spacial score (nSPS) is 11.8. The van der Waals surface area contributed by atoms with Crippen molar-refractivity contribution in [2.24, 2.45) is 0 Å². The number of aromatic nitrogens is 15. The summed E-state index contributed by atoms with van der Waals surface area (Å²) in [5.41, 5.74) is 14.7. The molecule has 0 saturated carbocycles. The topological polar surface area (TPSA) is 193 Å². The Labute approximate surface area is 588 Å². The minimum absolute atomic E-state index is 0.506. The monoisotopic (exact) mass is 1330 g/mol. The number of fused-ring (bicyclic) bond motifs is 36. The summed E-state index contributed by atoms with van der Waals surface area (Å²) in [5, 5.41) is 25.6. The van der Waals surface area contributed by atoms with E-state index >= 15 is 0 Å². The van der Waals surface area contributed by atoms with Crippen LogP contribution in [0.15, 0.2) is 299 Å². The van der Waals surface area contributed by atoms with Crippen LogP contribution in [-0.4, -0.2) is 74.8 Å². The van der Waals surface area contributed by atoms with E-state index in [1.54, 1.807) is 62.0 Å². The molecule has 24 rings (SSSR count). The van der Waals surface area contributed by atoms with Gasteiger partial charge in [0.2, 0.25) is 0 Å². The molecule has 16 aromatic carbocycles. The molecule has 0 N–H and O–H groups in total. The zero-order valence-corrected chi connectivity index (χ0v) is 55.0. The summed E-state index contributed by atoms with van der Waals surface area (Å²) in [6.45, 7) is 0. The number of benzene rings is 16. The number of hydrogen-bond donors (Lipinski definition) is 0. The van der Waals surface area contributed by atoms with E-state index in [0.717, 1.165) is 147 Å². The third-order valence-electron chi connectivity index (χ3n) is 20.0. The molecule has 24 aromatic rings. The van der Waals surface area contributed by atoms with Gasteiger partial charge < -0.3 is 0 Å². The Kier molecular flexibility index (Phi) is 13.2. The van der Waals surface area contributed by atoms with Crippen LogP contribution in [0.5, 0.6) is 0 Å². The summed E-state index contributed by atoms with van der Waals surface area (Å²) in [7, 11) is 0. The van der Waals surface area contributed by atoms with Crippen LogP contribution in [0.25, 0.3) is 218 Å². The van der Waals surface area contributed by atoms with Gasteiger partial charge in [0.15, 0.2) is 11.3 Å². The van der Waals surface area contributed by atoms with E-state index in [0.29, 0.717) is 16.8 Å². The van der Waals surface area contributed by atoms with Crippen molar-refractivity contribution >= 4 is 218 Å². The number of hydrogen-bond acceptors (Lipinski definition) is 15. The minimum atomic E-state index is 0.506. The average Bonchev–Trinajstić information content (AvgIpc) is 0.744. The lowest BCUT2D eigenvalue weighted by Gasteiger charge is -2.12. The first-order valence-corrected chi connectivity index (χ1v) is 34.1. The van der Waals surface area contributed by atoms with Gasteiger partial charge >= 0.3 is 0 Å². The van der Waals surface area contributed by atoms with Crippen LogP contribution in [0.1, 0.15) is 0 Å². The van der Waals surface area contributed by atoms with Crippen molar-refractivity contribution in [1.82, 2.24) is 74.8 Å². The molecule has 0 radical (unpaired) electrons. The molecule has 480 valence electrons. The summed E-state index contributed by atoms with van der Waals surface area (Å²) in [6, 6.07) is 82.3. The lowest BCUT2D eigenvalue weighted by molar-refractivity contribution is 1.20. The molecular weight excluding hydrogens is 1280 g/mol.